The lowest BCUT2D eigenvalue weighted by Crippen LogP contribution is -2.39. The van der Waals surface area contributed by atoms with Crippen LogP contribution in [-0.4, -0.2) is 23.4 Å². The van der Waals surface area contributed by atoms with Crippen molar-refractivity contribution in [3.63, 3.8) is 0 Å². The van der Waals surface area contributed by atoms with Crippen LogP contribution >= 0.6 is 0 Å². The fourth-order valence-electron chi connectivity index (χ4n) is 3.28. The lowest BCUT2D eigenvalue weighted by Gasteiger charge is -2.26. The molecule has 1 aliphatic rings. The summed E-state index contributed by atoms with van der Waals surface area (Å²) in [5, 5.41) is 5.43. The van der Waals surface area contributed by atoms with Gasteiger partial charge in [-0.1, -0.05) is 18.2 Å². The maximum Gasteiger partial charge on any atom is 0.313 e. The molecule has 3 aromatic rings. The Bertz CT molecular complexity index is 1070. The number of ether oxygens (including phenoxy) is 2. The van der Waals surface area contributed by atoms with Crippen LogP contribution in [0.3, 0.4) is 0 Å². The second kappa shape index (κ2) is 8.65. The van der Waals surface area contributed by atoms with E-state index in [2.05, 4.69) is 15.6 Å². The molecule has 2 aromatic carbocycles. The monoisotopic (exact) mass is 403 g/mol. The van der Waals surface area contributed by atoms with Crippen molar-refractivity contribution in [1.82, 2.24) is 10.3 Å². The van der Waals surface area contributed by atoms with Crippen molar-refractivity contribution in [2.45, 2.75) is 19.4 Å². The van der Waals surface area contributed by atoms with E-state index in [1.807, 2.05) is 31.2 Å². The highest BCUT2D eigenvalue weighted by Gasteiger charge is 2.25. The number of benzene rings is 2. The number of anilines is 1. The average molecular weight is 403 g/mol. The predicted molar refractivity (Wildman–Crippen MR) is 112 cm³/mol. The van der Waals surface area contributed by atoms with Gasteiger partial charge in [0.2, 0.25) is 0 Å². The third kappa shape index (κ3) is 4.41. The topological polar surface area (TPSA) is 89.6 Å². The molecule has 0 saturated heterocycles. The molecule has 1 aliphatic heterocycles. The van der Waals surface area contributed by atoms with Gasteiger partial charge in [0.1, 0.15) is 17.2 Å². The van der Waals surface area contributed by atoms with Crippen molar-refractivity contribution in [3.05, 3.63) is 78.1 Å². The van der Waals surface area contributed by atoms with E-state index in [1.165, 1.54) is 0 Å². The Balaban J connectivity index is 1.39. The minimum Gasteiger partial charge on any atom is -0.493 e. The van der Waals surface area contributed by atoms with Crippen LogP contribution in [0, 0.1) is 6.92 Å². The van der Waals surface area contributed by atoms with Crippen molar-refractivity contribution in [2.24, 2.45) is 0 Å². The largest absolute Gasteiger partial charge is 0.493 e. The third-order valence-corrected chi connectivity index (χ3v) is 4.77. The first-order valence-electron chi connectivity index (χ1n) is 9.62. The molecule has 1 aromatic heterocycles. The molecule has 0 aliphatic carbocycles. The van der Waals surface area contributed by atoms with Gasteiger partial charge in [0.25, 0.3) is 0 Å². The van der Waals surface area contributed by atoms with Gasteiger partial charge in [0, 0.05) is 23.9 Å². The van der Waals surface area contributed by atoms with Gasteiger partial charge in [-0.25, -0.2) is 0 Å². The quantitative estimate of drug-likeness (QED) is 0.648. The van der Waals surface area contributed by atoms with Gasteiger partial charge in [0.05, 0.1) is 18.8 Å². The summed E-state index contributed by atoms with van der Waals surface area (Å²) in [4.78, 5) is 28.8. The van der Waals surface area contributed by atoms with Crippen LogP contribution in [0.4, 0.5) is 5.69 Å². The van der Waals surface area contributed by atoms with E-state index in [0.29, 0.717) is 30.2 Å². The second-order valence-corrected chi connectivity index (χ2v) is 6.93. The van der Waals surface area contributed by atoms with Crippen molar-refractivity contribution >= 4 is 17.5 Å². The molecule has 2 N–H and O–H groups in total. The number of hydrogen-bond acceptors (Lipinski definition) is 5. The van der Waals surface area contributed by atoms with E-state index in [4.69, 9.17) is 9.47 Å². The summed E-state index contributed by atoms with van der Waals surface area (Å²) in [5.41, 5.74) is 2.20. The summed E-state index contributed by atoms with van der Waals surface area (Å²) in [6, 6.07) is 16.0. The van der Waals surface area contributed by atoms with Gasteiger partial charge in [-0.15, -0.1) is 0 Å². The Labute approximate surface area is 174 Å². The van der Waals surface area contributed by atoms with Gasteiger partial charge in [-0.3, -0.25) is 14.6 Å². The molecule has 7 heteroatoms. The second-order valence-electron chi connectivity index (χ2n) is 6.93. The van der Waals surface area contributed by atoms with E-state index in [0.717, 1.165) is 16.9 Å². The van der Waals surface area contributed by atoms with Crippen molar-refractivity contribution in [2.75, 3.05) is 11.9 Å². The van der Waals surface area contributed by atoms with Crippen LogP contribution in [-0.2, 0) is 9.59 Å². The van der Waals surface area contributed by atoms with E-state index in [-0.39, 0.29) is 6.04 Å². The molecule has 1 unspecified atom stereocenters. The fraction of sp³-hybridized carbons (Fsp3) is 0.174. The highest BCUT2D eigenvalue weighted by Crippen LogP contribution is 2.31. The number of amides is 2. The Morgan fingerprint density at radius 2 is 1.97 bits per heavy atom. The first-order valence-corrected chi connectivity index (χ1v) is 9.62. The SMILES string of the molecule is Cc1cc(NC(=O)C(=O)NC2CCOc3ccccc32)ccc1Oc1cccnc1. The van der Waals surface area contributed by atoms with Gasteiger partial charge in [-0.2, -0.15) is 0 Å². The molecule has 2 heterocycles. The molecule has 152 valence electrons. The number of nitrogens with zero attached hydrogens (tertiary/aromatic N) is 1. The molecule has 30 heavy (non-hydrogen) atoms. The number of carbonyl (C=O) groups excluding carboxylic acids is 2. The summed E-state index contributed by atoms with van der Waals surface area (Å²) in [6.07, 6.45) is 3.89. The summed E-state index contributed by atoms with van der Waals surface area (Å²) in [7, 11) is 0. The number of hydrogen-bond donors (Lipinski definition) is 2. The molecule has 0 fully saturated rings. The molecular formula is C23H21N3O4. The fourth-order valence-corrected chi connectivity index (χ4v) is 3.28. The molecule has 0 radical (unpaired) electrons. The average Bonchev–Trinajstić information content (AvgIpc) is 2.76. The smallest absolute Gasteiger partial charge is 0.313 e. The number of fused-ring (bicyclic) bond motifs is 1. The zero-order valence-electron chi connectivity index (χ0n) is 16.4. The normalized spacial score (nSPS) is 14.8. The molecule has 4 rings (SSSR count). The molecule has 0 bridgehead atoms. The van der Waals surface area contributed by atoms with E-state index >= 15 is 0 Å². The van der Waals surface area contributed by atoms with Crippen LogP contribution in [0.1, 0.15) is 23.6 Å². The van der Waals surface area contributed by atoms with Crippen LogP contribution in [0.2, 0.25) is 0 Å². The molecule has 7 nitrogen and oxygen atoms in total. The van der Waals surface area contributed by atoms with Crippen LogP contribution < -0.4 is 20.1 Å². The minimum absolute atomic E-state index is 0.259. The van der Waals surface area contributed by atoms with Gasteiger partial charge in [-0.05, 0) is 48.9 Å². The van der Waals surface area contributed by atoms with Crippen molar-refractivity contribution < 1.29 is 19.1 Å². The third-order valence-electron chi connectivity index (χ3n) is 4.77. The zero-order valence-corrected chi connectivity index (χ0v) is 16.4. The minimum atomic E-state index is -0.723. The summed E-state index contributed by atoms with van der Waals surface area (Å²) in [6.45, 7) is 2.35. The zero-order chi connectivity index (χ0) is 20.9. The van der Waals surface area contributed by atoms with Gasteiger partial charge < -0.3 is 20.1 Å². The Morgan fingerprint density at radius 1 is 1.10 bits per heavy atom. The molecule has 1 atom stereocenters. The predicted octanol–water partition coefficient (Wildman–Crippen LogP) is 3.76. The first-order chi connectivity index (χ1) is 14.6. The number of nitrogens with one attached hydrogen (secondary N) is 2. The van der Waals surface area contributed by atoms with Crippen molar-refractivity contribution in [1.29, 1.82) is 0 Å². The van der Waals surface area contributed by atoms with E-state index in [9.17, 15) is 9.59 Å². The Morgan fingerprint density at radius 3 is 2.77 bits per heavy atom. The standard InChI is InChI=1S/C23H21N3O4/c1-15-13-16(8-9-20(15)30-17-5-4-11-24-14-17)25-22(27)23(28)26-19-10-12-29-21-7-3-2-6-18(19)21/h2-9,11,13-14,19H,10,12H2,1H3,(H,25,27)(H,26,28). The van der Waals surface area contributed by atoms with E-state index in [1.54, 1.807) is 42.7 Å². The summed E-state index contributed by atoms with van der Waals surface area (Å²) in [5.74, 6) is 0.580. The number of carbonyl (C=O) groups is 2. The first kappa shape index (κ1) is 19.4. The summed E-state index contributed by atoms with van der Waals surface area (Å²) < 4.78 is 11.4. The number of aromatic nitrogens is 1. The highest BCUT2D eigenvalue weighted by molar-refractivity contribution is 6.39. The Hall–Kier alpha value is -3.87. The number of rotatable bonds is 4. The Kier molecular flexibility index (Phi) is 5.61. The lowest BCUT2D eigenvalue weighted by atomic mass is 10.0. The maximum atomic E-state index is 12.4. The van der Waals surface area contributed by atoms with Crippen LogP contribution in [0.5, 0.6) is 17.2 Å². The molecular weight excluding hydrogens is 382 g/mol. The number of aryl methyl sites for hydroxylation is 1. The van der Waals surface area contributed by atoms with Crippen LogP contribution in [0.25, 0.3) is 0 Å². The highest BCUT2D eigenvalue weighted by atomic mass is 16.5. The van der Waals surface area contributed by atoms with E-state index < -0.39 is 11.8 Å². The summed E-state index contributed by atoms with van der Waals surface area (Å²) >= 11 is 0. The maximum absolute atomic E-state index is 12.4. The van der Waals surface area contributed by atoms with Gasteiger partial charge in [0.15, 0.2) is 0 Å². The van der Waals surface area contributed by atoms with Gasteiger partial charge >= 0.3 is 11.8 Å². The molecule has 0 spiro atoms. The molecule has 2 amide bonds. The van der Waals surface area contributed by atoms with Crippen molar-refractivity contribution in [3.8, 4) is 17.2 Å². The van der Waals surface area contributed by atoms with Crippen LogP contribution in [0.15, 0.2) is 67.0 Å². The number of para-hydroxylation sites is 1. The lowest BCUT2D eigenvalue weighted by molar-refractivity contribution is -0.136. The number of pyridine rings is 1. The molecule has 0 saturated carbocycles.